The Labute approximate surface area is 142 Å². The summed E-state index contributed by atoms with van der Waals surface area (Å²) in [4.78, 5) is 19.8. The fraction of sp³-hybridized carbons (Fsp3) is 0.143. The zero-order valence-corrected chi connectivity index (χ0v) is 12.9. The molecular formula is C14H8ClF3N2O5. The first kappa shape index (κ1) is 18.5. The maximum atomic E-state index is 12.4. The monoisotopic (exact) mass is 376 g/mol. The van der Waals surface area contributed by atoms with E-state index in [1.807, 2.05) is 0 Å². The van der Waals surface area contributed by atoms with E-state index in [-0.39, 0.29) is 22.1 Å². The van der Waals surface area contributed by atoms with Gasteiger partial charge in [0.05, 0.1) is 27.4 Å². The molecule has 0 aliphatic carbocycles. The lowest BCUT2D eigenvalue weighted by molar-refractivity contribution is -0.422. The van der Waals surface area contributed by atoms with Gasteiger partial charge in [0.1, 0.15) is 11.5 Å². The molecule has 0 fully saturated rings. The zero-order chi connectivity index (χ0) is 18.8. The average molecular weight is 377 g/mol. The van der Waals surface area contributed by atoms with Gasteiger partial charge in [-0.1, -0.05) is 17.7 Å². The molecule has 0 amide bonds. The normalized spacial score (nSPS) is 11.2. The Morgan fingerprint density at radius 1 is 1.00 bits per heavy atom. The molecular weight excluding hydrogens is 369 g/mol. The summed E-state index contributed by atoms with van der Waals surface area (Å²) in [5.41, 5.74) is -1.59. The molecule has 7 nitrogen and oxygen atoms in total. The SMILES string of the molecule is O=[N+]([O-])c1ccc(Oc2ccc(CC(F)(F)F)cc2Cl)cc1[N+](=O)[O-]. The van der Waals surface area contributed by atoms with Crippen LogP contribution in [0.15, 0.2) is 36.4 Å². The average Bonchev–Trinajstić information content (AvgIpc) is 2.48. The second-order valence-electron chi connectivity index (χ2n) is 4.82. The summed E-state index contributed by atoms with van der Waals surface area (Å²) in [6, 6.07) is 6.22. The first-order valence-corrected chi connectivity index (χ1v) is 6.90. The van der Waals surface area contributed by atoms with E-state index in [0.29, 0.717) is 0 Å². The predicted octanol–water partition coefficient (Wildman–Crippen LogP) is 5.05. The fourth-order valence-electron chi connectivity index (χ4n) is 1.96. The molecule has 0 saturated carbocycles. The number of nitro groups is 2. The molecule has 0 atom stereocenters. The first-order valence-electron chi connectivity index (χ1n) is 6.52. The molecule has 0 N–H and O–H groups in total. The number of alkyl halides is 3. The van der Waals surface area contributed by atoms with Gasteiger partial charge < -0.3 is 4.74 Å². The van der Waals surface area contributed by atoms with Gasteiger partial charge >= 0.3 is 17.6 Å². The van der Waals surface area contributed by atoms with Crippen molar-refractivity contribution in [1.82, 2.24) is 0 Å². The van der Waals surface area contributed by atoms with Crippen LogP contribution in [0.4, 0.5) is 24.5 Å². The highest BCUT2D eigenvalue weighted by Crippen LogP contribution is 2.36. The van der Waals surface area contributed by atoms with Gasteiger partial charge in [0.2, 0.25) is 0 Å². The van der Waals surface area contributed by atoms with Crippen LogP contribution < -0.4 is 4.74 Å². The molecule has 0 spiro atoms. The van der Waals surface area contributed by atoms with Crippen LogP contribution in [0.2, 0.25) is 5.02 Å². The Kier molecular flexibility index (Phi) is 5.12. The number of hydrogen-bond acceptors (Lipinski definition) is 5. The Hall–Kier alpha value is -2.88. The molecule has 0 unspecified atom stereocenters. The van der Waals surface area contributed by atoms with Gasteiger partial charge in [-0.05, 0) is 23.8 Å². The lowest BCUT2D eigenvalue weighted by Crippen LogP contribution is -2.11. The quantitative estimate of drug-likeness (QED) is 0.537. The van der Waals surface area contributed by atoms with Crippen LogP contribution in [0.5, 0.6) is 11.5 Å². The molecule has 0 aromatic heterocycles. The number of hydrogen-bond donors (Lipinski definition) is 0. The van der Waals surface area contributed by atoms with Crippen LogP contribution in [0.25, 0.3) is 0 Å². The van der Waals surface area contributed by atoms with Crippen molar-refractivity contribution in [3.63, 3.8) is 0 Å². The number of benzene rings is 2. The molecule has 25 heavy (non-hydrogen) atoms. The molecule has 2 aromatic carbocycles. The number of nitrogens with zero attached hydrogens (tertiary/aromatic N) is 2. The van der Waals surface area contributed by atoms with Gasteiger partial charge in [-0.15, -0.1) is 0 Å². The van der Waals surface area contributed by atoms with Gasteiger partial charge in [0.15, 0.2) is 0 Å². The van der Waals surface area contributed by atoms with E-state index in [9.17, 15) is 33.4 Å². The third-order valence-electron chi connectivity index (χ3n) is 2.97. The van der Waals surface area contributed by atoms with Crippen molar-refractivity contribution in [2.45, 2.75) is 12.6 Å². The van der Waals surface area contributed by atoms with Gasteiger partial charge in [-0.25, -0.2) is 0 Å². The summed E-state index contributed by atoms with van der Waals surface area (Å²) >= 11 is 5.86. The fourth-order valence-corrected chi connectivity index (χ4v) is 2.20. The van der Waals surface area contributed by atoms with Crippen molar-refractivity contribution in [3.8, 4) is 11.5 Å². The number of ether oxygens (including phenoxy) is 1. The van der Waals surface area contributed by atoms with E-state index in [0.717, 1.165) is 30.3 Å². The molecule has 0 bridgehead atoms. The Morgan fingerprint density at radius 2 is 1.64 bits per heavy atom. The summed E-state index contributed by atoms with van der Waals surface area (Å²) < 4.78 is 42.3. The van der Waals surface area contributed by atoms with Crippen LogP contribution in [-0.2, 0) is 6.42 Å². The van der Waals surface area contributed by atoms with Gasteiger partial charge in [0, 0.05) is 6.07 Å². The van der Waals surface area contributed by atoms with Crippen LogP contribution in [0.1, 0.15) is 5.56 Å². The summed E-state index contributed by atoms with van der Waals surface area (Å²) in [6.07, 6.45) is -5.57. The van der Waals surface area contributed by atoms with Crippen LogP contribution >= 0.6 is 11.6 Å². The maximum Gasteiger partial charge on any atom is 0.393 e. The molecule has 0 saturated heterocycles. The van der Waals surface area contributed by atoms with Gasteiger partial charge in [-0.2, -0.15) is 13.2 Å². The number of nitro benzene ring substituents is 2. The van der Waals surface area contributed by atoms with Crippen molar-refractivity contribution in [2.75, 3.05) is 0 Å². The first-order chi connectivity index (χ1) is 11.6. The molecule has 0 aliphatic rings. The van der Waals surface area contributed by atoms with Crippen LogP contribution in [0, 0.1) is 20.2 Å². The topological polar surface area (TPSA) is 95.5 Å². The Balaban J connectivity index is 2.29. The van der Waals surface area contributed by atoms with E-state index >= 15 is 0 Å². The standard InChI is InChI=1S/C14H8ClF3N2O5/c15-10-5-8(7-14(16,17)18)1-4-13(10)25-9-2-3-11(19(21)22)12(6-9)20(23)24/h1-6H,7H2. The lowest BCUT2D eigenvalue weighted by atomic mass is 10.1. The maximum absolute atomic E-state index is 12.4. The van der Waals surface area contributed by atoms with E-state index in [2.05, 4.69) is 0 Å². The summed E-state index contributed by atoms with van der Waals surface area (Å²) in [5.74, 6) is -0.168. The van der Waals surface area contributed by atoms with E-state index in [4.69, 9.17) is 16.3 Å². The lowest BCUT2D eigenvalue weighted by Gasteiger charge is -2.10. The Morgan fingerprint density at radius 3 is 2.16 bits per heavy atom. The smallest absolute Gasteiger partial charge is 0.393 e. The van der Waals surface area contributed by atoms with E-state index in [1.165, 1.54) is 6.07 Å². The van der Waals surface area contributed by atoms with Crippen molar-refractivity contribution in [2.24, 2.45) is 0 Å². The molecule has 2 rings (SSSR count). The van der Waals surface area contributed by atoms with Crippen molar-refractivity contribution in [1.29, 1.82) is 0 Å². The van der Waals surface area contributed by atoms with Gasteiger partial charge in [0.25, 0.3) is 0 Å². The summed E-state index contributed by atoms with van der Waals surface area (Å²) in [6.45, 7) is 0. The molecule has 0 radical (unpaired) electrons. The third kappa shape index (κ3) is 4.80. The predicted molar refractivity (Wildman–Crippen MR) is 81.0 cm³/mol. The third-order valence-corrected chi connectivity index (χ3v) is 3.26. The van der Waals surface area contributed by atoms with Crippen molar-refractivity contribution >= 4 is 23.0 Å². The Bertz CT molecular complexity index is 842. The van der Waals surface area contributed by atoms with Crippen LogP contribution in [-0.4, -0.2) is 16.0 Å². The van der Waals surface area contributed by atoms with Crippen LogP contribution in [0.3, 0.4) is 0 Å². The largest absolute Gasteiger partial charge is 0.456 e. The number of halogens is 4. The highest BCUT2D eigenvalue weighted by molar-refractivity contribution is 6.32. The molecule has 132 valence electrons. The second kappa shape index (κ2) is 6.93. The van der Waals surface area contributed by atoms with E-state index in [1.54, 1.807) is 0 Å². The second-order valence-corrected chi connectivity index (χ2v) is 5.23. The van der Waals surface area contributed by atoms with Gasteiger partial charge in [-0.3, -0.25) is 20.2 Å². The van der Waals surface area contributed by atoms with E-state index < -0.39 is 33.8 Å². The minimum Gasteiger partial charge on any atom is -0.456 e. The minimum atomic E-state index is -4.40. The number of rotatable bonds is 5. The van der Waals surface area contributed by atoms with Crippen molar-refractivity contribution < 1.29 is 27.8 Å². The molecule has 0 heterocycles. The zero-order valence-electron chi connectivity index (χ0n) is 12.1. The highest BCUT2D eigenvalue weighted by Gasteiger charge is 2.28. The summed E-state index contributed by atoms with van der Waals surface area (Å²) in [7, 11) is 0. The molecule has 2 aromatic rings. The van der Waals surface area contributed by atoms with Crippen molar-refractivity contribution in [3.05, 3.63) is 67.2 Å². The summed E-state index contributed by atoms with van der Waals surface area (Å²) in [5, 5.41) is 21.5. The molecule has 0 aliphatic heterocycles. The molecule has 11 heteroatoms. The minimum absolute atomic E-state index is 0.0456. The highest BCUT2D eigenvalue weighted by atomic mass is 35.5.